The molecule has 3 aromatic rings. The summed E-state index contributed by atoms with van der Waals surface area (Å²) < 4.78 is 5.84. The van der Waals surface area contributed by atoms with Gasteiger partial charge in [-0.3, -0.25) is 4.79 Å². The quantitative estimate of drug-likeness (QED) is 0.593. The fourth-order valence-electron chi connectivity index (χ4n) is 3.92. The van der Waals surface area contributed by atoms with Gasteiger partial charge in [-0.15, -0.1) is 0 Å². The number of rotatable bonds is 5. The fraction of sp³-hybridized carbons (Fsp3) is 0.333. The molecule has 0 saturated carbocycles. The summed E-state index contributed by atoms with van der Waals surface area (Å²) in [6.07, 6.45) is 2.20. The first-order valence-electron chi connectivity index (χ1n) is 10.4. The van der Waals surface area contributed by atoms with Gasteiger partial charge >= 0.3 is 0 Å². The van der Waals surface area contributed by atoms with Gasteiger partial charge in [0.25, 0.3) is 5.56 Å². The van der Waals surface area contributed by atoms with Crippen molar-refractivity contribution in [1.82, 2.24) is 9.88 Å². The van der Waals surface area contributed by atoms with E-state index in [-0.39, 0.29) is 11.7 Å². The molecule has 5 nitrogen and oxygen atoms in total. The Bertz CT molecular complexity index is 1100. The lowest BCUT2D eigenvalue weighted by Crippen LogP contribution is -2.40. The van der Waals surface area contributed by atoms with E-state index < -0.39 is 0 Å². The van der Waals surface area contributed by atoms with Crippen LogP contribution in [-0.4, -0.2) is 34.3 Å². The Labute approximate surface area is 182 Å². The first kappa shape index (κ1) is 20.6. The summed E-state index contributed by atoms with van der Waals surface area (Å²) in [4.78, 5) is 18.0. The van der Waals surface area contributed by atoms with E-state index in [9.17, 15) is 4.79 Å². The maximum atomic E-state index is 12.9. The lowest BCUT2D eigenvalue weighted by Gasteiger charge is -2.28. The van der Waals surface area contributed by atoms with Gasteiger partial charge in [0.15, 0.2) is 5.11 Å². The minimum absolute atomic E-state index is 0.0731. The Morgan fingerprint density at radius 3 is 2.70 bits per heavy atom. The molecule has 30 heavy (non-hydrogen) atoms. The van der Waals surface area contributed by atoms with E-state index in [1.54, 1.807) is 0 Å². The summed E-state index contributed by atoms with van der Waals surface area (Å²) in [5.41, 5.74) is 4.67. The number of H-pyrrole nitrogens is 1. The zero-order valence-electron chi connectivity index (χ0n) is 17.4. The molecule has 2 N–H and O–H groups in total. The molecule has 0 bridgehead atoms. The van der Waals surface area contributed by atoms with Crippen LogP contribution in [-0.2, 0) is 11.3 Å². The number of ether oxygens (including phenoxy) is 1. The van der Waals surface area contributed by atoms with Crippen molar-refractivity contribution in [2.45, 2.75) is 39.3 Å². The summed E-state index contributed by atoms with van der Waals surface area (Å²) in [5, 5.41) is 4.97. The van der Waals surface area contributed by atoms with Crippen LogP contribution < -0.4 is 10.9 Å². The second-order valence-corrected chi connectivity index (χ2v) is 8.31. The van der Waals surface area contributed by atoms with E-state index in [2.05, 4.69) is 23.3 Å². The average molecular weight is 422 g/mol. The van der Waals surface area contributed by atoms with E-state index in [1.165, 1.54) is 0 Å². The Hall–Kier alpha value is -2.70. The number of nitrogens with zero attached hydrogens (tertiary/aromatic N) is 1. The second kappa shape index (κ2) is 8.98. The molecule has 0 radical (unpaired) electrons. The van der Waals surface area contributed by atoms with Gasteiger partial charge in [0, 0.05) is 29.8 Å². The molecule has 1 atom stereocenters. The van der Waals surface area contributed by atoms with Gasteiger partial charge < -0.3 is 19.9 Å². The molecular formula is C24H27N3O2S. The first-order chi connectivity index (χ1) is 14.5. The van der Waals surface area contributed by atoms with Crippen LogP contribution in [0.5, 0.6) is 0 Å². The van der Waals surface area contributed by atoms with Crippen LogP contribution in [0.3, 0.4) is 0 Å². The summed E-state index contributed by atoms with van der Waals surface area (Å²) in [6, 6.07) is 16.0. The van der Waals surface area contributed by atoms with E-state index in [0.29, 0.717) is 23.8 Å². The molecule has 1 aromatic heterocycles. The Kier molecular flexibility index (Phi) is 6.16. The van der Waals surface area contributed by atoms with Crippen molar-refractivity contribution in [2.75, 3.05) is 18.5 Å². The molecule has 156 valence electrons. The zero-order chi connectivity index (χ0) is 21.1. The Morgan fingerprint density at radius 1 is 1.20 bits per heavy atom. The molecule has 4 rings (SSSR count). The topological polar surface area (TPSA) is 57.4 Å². The number of nitrogens with one attached hydrogen (secondary N) is 2. The van der Waals surface area contributed by atoms with Crippen molar-refractivity contribution in [2.24, 2.45) is 0 Å². The van der Waals surface area contributed by atoms with Crippen molar-refractivity contribution in [3.8, 4) is 0 Å². The third kappa shape index (κ3) is 4.55. The number of hydrogen-bond donors (Lipinski definition) is 2. The van der Waals surface area contributed by atoms with Gasteiger partial charge in [0.05, 0.1) is 18.2 Å². The highest BCUT2D eigenvalue weighted by molar-refractivity contribution is 7.80. The predicted octanol–water partition coefficient (Wildman–Crippen LogP) is 4.52. The summed E-state index contributed by atoms with van der Waals surface area (Å²) >= 11 is 5.72. The third-order valence-corrected chi connectivity index (χ3v) is 6.00. The number of fused-ring (bicyclic) bond motifs is 1. The largest absolute Gasteiger partial charge is 0.376 e. The molecule has 0 aliphatic carbocycles. The highest BCUT2D eigenvalue weighted by Gasteiger charge is 2.22. The normalized spacial score (nSPS) is 16.0. The van der Waals surface area contributed by atoms with Crippen molar-refractivity contribution in [3.63, 3.8) is 0 Å². The number of thiocarbonyl (C=S) groups is 1. The van der Waals surface area contributed by atoms with Crippen LogP contribution in [0.15, 0.2) is 53.3 Å². The zero-order valence-corrected chi connectivity index (χ0v) is 18.2. The van der Waals surface area contributed by atoms with E-state index in [4.69, 9.17) is 17.0 Å². The van der Waals surface area contributed by atoms with Crippen molar-refractivity contribution in [3.05, 3.63) is 75.6 Å². The summed E-state index contributed by atoms with van der Waals surface area (Å²) in [5.74, 6) is 0. The van der Waals surface area contributed by atoms with E-state index in [1.807, 2.05) is 54.3 Å². The predicted molar refractivity (Wildman–Crippen MR) is 126 cm³/mol. The highest BCUT2D eigenvalue weighted by Crippen LogP contribution is 2.21. The van der Waals surface area contributed by atoms with Crippen molar-refractivity contribution in [1.29, 1.82) is 0 Å². The first-order valence-corrected chi connectivity index (χ1v) is 10.8. The molecule has 0 unspecified atom stereocenters. The third-order valence-electron chi connectivity index (χ3n) is 5.64. The van der Waals surface area contributed by atoms with Crippen LogP contribution in [0.25, 0.3) is 10.9 Å². The maximum Gasteiger partial charge on any atom is 0.253 e. The molecular weight excluding hydrogens is 394 g/mol. The number of aromatic amines is 1. The molecule has 1 aliphatic rings. The fourth-order valence-corrected chi connectivity index (χ4v) is 4.18. The van der Waals surface area contributed by atoms with Gasteiger partial charge in [0.2, 0.25) is 0 Å². The van der Waals surface area contributed by atoms with Crippen molar-refractivity contribution >= 4 is 33.9 Å². The molecule has 1 aliphatic heterocycles. The van der Waals surface area contributed by atoms with Crippen LogP contribution in [0.1, 0.15) is 29.5 Å². The lowest BCUT2D eigenvalue weighted by molar-refractivity contribution is 0.0904. The smallest absolute Gasteiger partial charge is 0.253 e. The van der Waals surface area contributed by atoms with Crippen molar-refractivity contribution < 1.29 is 4.74 Å². The summed E-state index contributed by atoms with van der Waals surface area (Å²) in [7, 11) is 0. The number of hydrogen-bond acceptors (Lipinski definition) is 3. The van der Waals surface area contributed by atoms with Crippen LogP contribution >= 0.6 is 12.2 Å². The number of benzene rings is 2. The minimum atomic E-state index is -0.0731. The van der Waals surface area contributed by atoms with Crippen LogP contribution in [0.2, 0.25) is 0 Å². The monoisotopic (exact) mass is 421 g/mol. The Balaban J connectivity index is 1.63. The number of anilines is 1. The molecule has 1 fully saturated rings. The molecule has 1 saturated heterocycles. The van der Waals surface area contributed by atoms with E-state index in [0.717, 1.165) is 47.2 Å². The minimum Gasteiger partial charge on any atom is -0.376 e. The van der Waals surface area contributed by atoms with Gasteiger partial charge in [-0.2, -0.15) is 0 Å². The van der Waals surface area contributed by atoms with Gasteiger partial charge in [-0.25, -0.2) is 0 Å². The molecule has 2 aromatic carbocycles. The molecule has 0 spiro atoms. The standard InChI is InChI=1S/C24H27N3O2S/c1-16-10-11-17(2)22-21(16)13-18(23(28)26-22)14-27(15-20-9-6-12-29-20)24(30)25-19-7-4-3-5-8-19/h3-5,7-8,10-11,13,20H,6,9,12,14-15H2,1-2H3,(H,25,30)(H,26,28)/t20-/m1/s1. The SMILES string of the molecule is Cc1ccc(C)c2[nH]c(=O)c(CN(C[C@H]3CCCO3)C(=S)Nc3ccccc3)cc12. The van der Waals surface area contributed by atoms with Gasteiger partial charge in [-0.05, 0) is 68.2 Å². The van der Waals surface area contributed by atoms with Crippen LogP contribution in [0, 0.1) is 13.8 Å². The summed E-state index contributed by atoms with van der Waals surface area (Å²) in [6.45, 7) is 5.95. The highest BCUT2D eigenvalue weighted by atomic mass is 32.1. The average Bonchev–Trinajstić information content (AvgIpc) is 3.25. The van der Waals surface area contributed by atoms with Crippen LogP contribution in [0.4, 0.5) is 5.69 Å². The maximum absolute atomic E-state index is 12.9. The number of aromatic nitrogens is 1. The number of aryl methyl sites for hydroxylation is 2. The second-order valence-electron chi connectivity index (χ2n) is 7.92. The lowest BCUT2D eigenvalue weighted by atomic mass is 10.0. The molecule has 2 heterocycles. The molecule has 6 heteroatoms. The number of para-hydroxylation sites is 1. The molecule has 0 amide bonds. The Morgan fingerprint density at radius 2 is 1.97 bits per heavy atom. The van der Waals surface area contributed by atoms with Gasteiger partial charge in [0.1, 0.15) is 0 Å². The number of pyridine rings is 1. The van der Waals surface area contributed by atoms with Gasteiger partial charge in [-0.1, -0.05) is 30.3 Å². The van der Waals surface area contributed by atoms with E-state index >= 15 is 0 Å².